The van der Waals surface area contributed by atoms with Crippen molar-refractivity contribution < 1.29 is 18.3 Å². The van der Waals surface area contributed by atoms with E-state index in [1.54, 1.807) is 27.7 Å². The van der Waals surface area contributed by atoms with Crippen molar-refractivity contribution in [1.29, 1.82) is 0 Å². The van der Waals surface area contributed by atoms with Crippen molar-refractivity contribution in [1.82, 2.24) is 5.32 Å². The van der Waals surface area contributed by atoms with Crippen molar-refractivity contribution in [2.24, 2.45) is 5.73 Å². The summed E-state index contributed by atoms with van der Waals surface area (Å²) >= 11 is 0. The smallest absolute Gasteiger partial charge is 0.407 e. The summed E-state index contributed by atoms with van der Waals surface area (Å²) in [5.41, 5.74) is 4.26. The molecule has 21 heavy (non-hydrogen) atoms. The van der Waals surface area contributed by atoms with Crippen LogP contribution in [0.4, 0.5) is 13.6 Å². The highest BCUT2D eigenvalue weighted by molar-refractivity contribution is 5.67. The van der Waals surface area contributed by atoms with Gasteiger partial charge >= 0.3 is 6.09 Å². The third-order valence-electron chi connectivity index (χ3n) is 3.07. The molecular weight excluding hydrogens is 278 g/mol. The molecule has 0 fully saturated rings. The third kappa shape index (κ3) is 4.67. The van der Waals surface area contributed by atoms with E-state index in [2.05, 4.69) is 5.32 Å². The van der Waals surface area contributed by atoms with Crippen LogP contribution in [0.5, 0.6) is 0 Å². The zero-order chi connectivity index (χ0) is 16.3. The molecule has 0 aliphatic carbocycles. The molecule has 0 spiro atoms. The van der Waals surface area contributed by atoms with Gasteiger partial charge < -0.3 is 15.8 Å². The van der Waals surface area contributed by atoms with Crippen molar-refractivity contribution in [2.45, 2.75) is 38.7 Å². The number of alkyl carbamates (subject to hydrolysis) is 1. The Balaban J connectivity index is 2.86. The van der Waals surface area contributed by atoms with Gasteiger partial charge in [-0.2, -0.15) is 0 Å². The first kappa shape index (κ1) is 17.4. The molecule has 0 aliphatic heterocycles. The molecule has 1 atom stereocenters. The van der Waals surface area contributed by atoms with Gasteiger partial charge in [-0.05, 0) is 32.4 Å². The molecule has 0 saturated heterocycles. The normalized spacial score (nSPS) is 14.4. The summed E-state index contributed by atoms with van der Waals surface area (Å²) in [5, 5.41) is 2.55. The number of rotatable bonds is 4. The van der Waals surface area contributed by atoms with Gasteiger partial charge in [-0.25, -0.2) is 13.6 Å². The van der Waals surface area contributed by atoms with Crippen molar-refractivity contribution >= 4 is 6.09 Å². The molecule has 0 radical (unpaired) electrons. The molecule has 0 aliphatic rings. The van der Waals surface area contributed by atoms with Crippen LogP contribution in [0.25, 0.3) is 0 Å². The lowest BCUT2D eigenvalue weighted by molar-refractivity contribution is 0.0516. The molecule has 0 heterocycles. The van der Waals surface area contributed by atoms with Gasteiger partial charge in [0, 0.05) is 18.5 Å². The van der Waals surface area contributed by atoms with Crippen LogP contribution < -0.4 is 11.1 Å². The number of amides is 1. The van der Waals surface area contributed by atoms with Crippen molar-refractivity contribution in [3.63, 3.8) is 0 Å². The average molecular weight is 300 g/mol. The van der Waals surface area contributed by atoms with Crippen molar-refractivity contribution in [3.8, 4) is 0 Å². The number of ether oxygens (including phenoxy) is 1. The molecule has 118 valence electrons. The Morgan fingerprint density at radius 1 is 1.29 bits per heavy atom. The van der Waals surface area contributed by atoms with E-state index in [9.17, 15) is 13.6 Å². The van der Waals surface area contributed by atoms with Gasteiger partial charge in [0.1, 0.15) is 5.60 Å². The first-order valence-electron chi connectivity index (χ1n) is 6.70. The average Bonchev–Trinajstić information content (AvgIpc) is 2.37. The SMILES string of the molecule is CC(C)(C)OC(=O)NCC(C)(CN)c1cccc(F)c1F. The van der Waals surface area contributed by atoms with E-state index in [1.165, 1.54) is 12.1 Å². The molecule has 1 rings (SSSR count). The largest absolute Gasteiger partial charge is 0.444 e. The molecule has 0 aromatic heterocycles. The zero-order valence-electron chi connectivity index (χ0n) is 12.8. The lowest BCUT2D eigenvalue weighted by Crippen LogP contribution is -2.45. The van der Waals surface area contributed by atoms with Crippen LogP contribution in [-0.2, 0) is 10.2 Å². The minimum Gasteiger partial charge on any atom is -0.444 e. The van der Waals surface area contributed by atoms with Crippen LogP contribution in [-0.4, -0.2) is 24.8 Å². The van der Waals surface area contributed by atoms with Gasteiger partial charge in [0.15, 0.2) is 11.6 Å². The monoisotopic (exact) mass is 300 g/mol. The van der Waals surface area contributed by atoms with Crippen LogP contribution in [0, 0.1) is 11.6 Å². The standard InChI is InChI=1S/C15H22F2N2O2/c1-14(2,3)21-13(20)19-9-15(4,8-18)10-6-5-7-11(16)12(10)17/h5-7H,8-9,18H2,1-4H3,(H,19,20). The number of nitrogens with one attached hydrogen (secondary N) is 1. The Kier molecular flexibility index (Phi) is 5.28. The number of carbonyl (C=O) groups excluding carboxylic acids is 1. The first-order valence-corrected chi connectivity index (χ1v) is 6.70. The van der Waals surface area contributed by atoms with Gasteiger partial charge in [0.2, 0.25) is 0 Å². The van der Waals surface area contributed by atoms with Crippen LogP contribution >= 0.6 is 0 Å². The van der Waals surface area contributed by atoms with Crippen molar-refractivity contribution in [3.05, 3.63) is 35.4 Å². The number of carbonyl (C=O) groups is 1. The molecule has 0 saturated carbocycles. The van der Waals surface area contributed by atoms with Crippen LogP contribution in [0.2, 0.25) is 0 Å². The molecule has 1 amide bonds. The highest BCUT2D eigenvalue weighted by Gasteiger charge is 2.30. The fourth-order valence-electron chi connectivity index (χ4n) is 1.83. The third-order valence-corrected chi connectivity index (χ3v) is 3.07. The second-order valence-electron chi connectivity index (χ2n) is 6.22. The lowest BCUT2D eigenvalue weighted by atomic mass is 9.82. The molecule has 1 aromatic rings. The van der Waals surface area contributed by atoms with E-state index in [0.717, 1.165) is 6.07 Å². The maximum Gasteiger partial charge on any atom is 0.407 e. The minimum atomic E-state index is -0.948. The molecule has 0 bridgehead atoms. The number of hydrogen-bond acceptors (Lipinski definition) is 3. The van der Waals surface area contributed by atoms with E-state index in [-0.39, 0.29) is 18.7 Å². The number of nitrogens with two attached hydrogens (primary N) is 1. The number of benzene rings is 1. The molecule has 6 heteroatoms. The zero-order valence-corrected chi connectivity index (χ0v) is 12.8. The van der Waals surface area contributed by atoms with E-state index in [4.69, 9.17) is 10.5 Å². The van der Waals surface area contributed by atoms with Gasteiger partial charge in [-0.1, -0.05) is 19.1 Å². The molecule has 3 N–H and O–H groups in total. The Bertz CT molecular complexity index is 515. The molecular formula is C15H22F2N2O2. The Morgan fingerprint density at radius 3 is 2.43 bits per heavy atom. The fourth-order valence-corrected chi connectivity index (χ4v) is 1.83. The second kappa shape index (κ2) is 6.39. The molecule has 1 aromatic carbocycles. The summed E-state index contributed by atoms with van der Waals surface area (Å²) in [4.78, 5) is 11.7. The summed E-state index contributed by atoms with van der Waals surface area (Å²) in [5.74, 6) is -1.89. The predicted molar refractivity (Wildman–Crippen MR) is 77.0 cm³/mol. The van der Waals surface area contributed by atoms with E-state index >= 15 is 0 Å². The lowest BCUT2D eigenvalue weighted by Gasteiger charge is -2.30. The summed E-state index contributed by atoms with van der Waals surface area (Å²) < 4.78 is 32.4. The Morgan fingerprint density at radius 2 is 1.90 bits per heavy atom. The summed E-state index contributed by atoms with van der Waals surface area (Å²) in [6.45, 7) is 6.95. The van der Waals surface area contributed by atoms with Gasteiger partial charge in [0.25, 0.3) is 0 Å². The van der Waals surface area contributed by atoms with E-state index < -0.39 is 28.7 Å². The highest BCUT2D eigenvalue weighted by atomic mass is 19.2. The van der Waals surface area contributed by atoms with E-state index in [1.807, 2.05) is 0 Å². The van der Waals surface area contributed by atoms with Crippen LogP contribution in [0.1, 0.15) is 33.3 Å². The summed E-state index contributed by atoms with van der Waals surface area (Å²) in [6.07, 6.45) is -0.626. The maximum atomic E-state index is 13.9. The van der Waals surface area contributed by atoms with Crippen LogP contribution in [0.15, 0.2) is 18.2 Å². The maximum absolute atomic E-state index is 13.9. The van der Waals surface area contributed by atoms with Gasteiger partial charge in [-0.3, -0.25) is 0 Å². The second-order valence-corrected chi connectivity index (χ2v) is 6.22. The quantitative estimate of drug-likeness (QED) is 0.898. The van der Waals surface area contributed by atoms with Crippen molar-refractivity contribution in [2.75, 3.05) is 13.1 Å². The van der Waals surface area contributed by atoms with E-state index in [0.29, 0.717) is 0 Å². The van der Waals surface area contributed by atoms with Gasteiger partial charge in [-0.15, -0.1) is 0 Å². The Labute approximate surface area is 123 Å². The fraction of sp³-hybridized carbons (Fsp3) is 0.533. The number of hydrogen-bond donors (Lipinski definition) is 2. The first-order chi connectivity index (χ1) is 9.59. The van der Waals surface area contributed by atoms with Gasteiger partial charge in [0.05, 0.1) is 0 Å². The summed E-state index contributed by atoms with van der Waals surface area (Å²) in [6, 6.07) is 3.91. The summed E-state index contributed by atoms with van der Waals surface area (Å²) in [7, 11) is 0. The topological polar surface area (TPSA) is 64.3 Å². The highest BCUT2D eigenvalue weighted by Crippen LogP contribution is 2.26. The predicted octanol–water partition coefficient (Wildman–Crippen LogP) is 2.71. The van der Waals surface area contributed by atoms with Crippen LogP contribution in [0.3, 0.4) is 0 Å². The molecule has 1 unspecified atom stereocenters. The Hall–Kier alpha value is -1.69. The number of halogens is 2. The minimum absolute atomic E-state index is 0.0405. The molecule has 4 nitrogen and oxygen atoms in total.